The molecule has 0 saturated carbocycles. The molecule has 1 aromatic carbocycles. The molecule has 72 valence electrons. The summed E-state index contributed by atoms with van der Waals surface area (Å²) in [5.74, 6) is 0.0587. The van der Waals surface area contributed by atoms with Crippen LogP contribution < -0.4 is 4.72 Å². The lowest BCUT2D eigenvalue weighted by Crippen LogP contribution is -2.23. The number of hydrogen-bond acceptors (Lipinski definition) is 3. The van der Waals surface area contributed by atoms with E-state index in [0.717, 1.165) is 10.5 Å². The highest BCUT2D eigenvalue weighted by atomic mass is 32.2. The third-order valence-corrected chi connectivity index (χ3v) is 3.03. The van der Waals surface area contributed by atoms with Crippen molar-refractivity contribution in [1.82, 2.24) is 4.72 Å². The van der Waals surface area contributed by atoms with Crippen LogP contribution in [0.25, 0.3) is 0 Å². The maximum atomic E-state index is 11.1. The summed E-state index contributed by atoms with van der Waals surface area (Å²) in [5, 5.41) is 0. The number of carbonyl (C=O) groups is 2. The Morgan fingerprint density at radius 2 is 2.29 bits per heavy atom. The van der Waals surface area contributed by atoms with E-state index in [-0.39, 0.29) is 11.7 Å². The van der Waals surface area contributed by atoms with E-state index in [1.807, 2.05) is 12.1 Å². The Morgan fingerprint density at radius 3 is 3.00 bits per heavy atom. The number of carbonyl (C=O) groups excluding carboxylic acids is 2. The first-order valence-corrected chi connectivity index (χ1v) is 5.08. The van der Waals surface area contributed by atoms with Gasteiger partial charge in [0, 0.05) is 10.5 Å². The molecule has 1 heterocycles. The van der Waals surface area contributed by atoms with Crippen LogP contribution in [0.15, 0.2) is 23.1 Å². The van der Waals surface area contributed by atoms with Crippen molar-refractivity contribution < 1.29 is 9.59 Å². The van der Waals surface area contributed by atoms with Gasteiger partial charge in [-0.15, -0.1) is 0 Å². The number of fused-ring (bicyclic) bond motifs is 1. The van der Waals surface area contributed by atoms with Crippen molar-refractivity contribution in [3.8, 4) is 0 Å². The Kier molecular flexibility index (Phi) is 2.29. The van der Waals surface area contributed by atoms with Crippen molar-refractivity contribution in [3.63, 3.8) is 0 Å². The van der Waals surface area contributed by atoms with E-state index in [2.05, 4.69) is 4.72 Å². The van der Waals surface area contributed by atoms with Crippen LogP contribution in [-0.4, -0.2) is 11.7 Å². The van der Waals surface area contributed by atoms with E-state index in [0.29, 0.717) is 12.0 Å². The molecular weight excluding hydrogens is 198 g/mol. The van der Waals surface area contributed by atoms with E-state index < -0.39 is 0 Å². The highest BCUT2D eigenvalue weighted by Gasteiger charge is 2.16. The largest absolute Gasteiger partial charge is 0.296 e. The third-order valence-electron chi connectivity index (χ3n) is 2.10. The van der Waals surface area contributed by atoms with E-state index in [1.54, 1.807) is 6.07 Å². The molecule has 0 spiro atoms. The molecule has 0 aromatic heterocycles. The van der Waals surface area contributed by atoms with Crippen molar-refractivity contribution in [2.45, 2.75) is 18.2 Å². The number of hydrogen-bond donors (Lipinski definition) is 1. The summed E-state index contributed by atoms with van der Waals surface area (Å²) in [5.41, 5.74) is 1.68. The Labute approximate surface area is 86.0 Å². The summed E-state index contributed by atoms with van der Waals surface area (Å²) in [6, 6.07) is 5.43. The molecule has 2 rings (SSSR count). The van der Waals surface area contributed by atoms with Gasteiger partial charge in [-0.1, -0.05) is 12.1 Å². The van der Waals surface area contributed by atoms with Gasteiger partial charge < -0.3 is 0 Å². The van der Waals surface area contributed by atoms with Crippen LogP contribution in [0.3, 0.4) is 0 Å². The van der Waals surface area contributed by atoms with Crippen LogP contribution in [0.2, 0.25) is 0 Å². The lowest BCUT2D eigenvalue weighted by molar-refractivity contribution is -0.118. The van der Waals surface area contributed by atoms with Gasteiger partial charge in [-0.2, -0.15) is 0 Å². The number of ketones is 1. The average Bonchev–Trinajstić information content (AvgIpc) is 2.16. The highest BCUT2D eigenvalue weighted by molar-refractivity contribution is 7.98. The second kappa shape index (κ2) is 3.46. The average molecular weight is 207 g/mol. The summed E-state index contributed by atoms with van der Waals surface area (Å²) in [6.07, 6.45) is 0.403. The van der Waals surface area contributed by atoms with Gasteiger partial charge in [0.1, 0.15) is 0 Å². The van der Waals surface area contributed by atoms with Crippen molar-refractivity contribution in [2.24, 2.45) is 0 Å². The minimum atomic E-state index is 0.0121. The molecular formula is C10H9NO2S. The van der Waals surface area contributed by atoms with Gasteiger partial charge in [-0.3, -0.25) is 14.3 Å². The molecule has 1 aromatic rings. The first-order chi connectivity index (χ1) is 6.66. The molecule has 1 amide bonds. The second-order valence-electron chi connectivity index (χ2n) is 3.18. The van der Waals surface area contributed by atoms with Gasteiger partial charge in [0.05, 0.1) is 6.42 Å². The first kappa shape index (κ1) is 9.27. The van der Waals surface area contributed by atoms with Gasteiger partial charge in [-0.05, 0) is 30.5 Å². The fraction of sp³-hybridized carbons (Fsp3) is 0.200. The number of benzene rings is 1. The van der Waals surface area contributed by atoms with E-state index >= 15 is 0 Å². The zero-order valence-corrected chi connectivity index (χ0v) is 8.48. The predicted octanol–water partition coefficient (Wildman–Crippen LogP) is 1.57. The smallest absolute Gasteiger partial charge is 0.234 e. The lowest BCUT2D eigenvalue weighted by Gasteiger charge is -2.15. The molecule has 0 atom stereocenters. The summed E-state index contributed by atoms with van der Waals surface area (Å²) >= 11 is 1.28. The molecule has 1 aliphatic rings. The third kappa shape index (κ3) is 1.65. The van der Waals surface area contributed by atoms with Gasteiger partial charge in [0.2, 0.25) is 5.91 Å². The maximum Gasteiger partial charge on any atom is 0.234 e. The summed E-state index contributed by atoms with van der Waals surface area (Å²) in [4.78, 5) is 23.1. The minimum Gasteiger partial charge on any atom is -0.296 e. The summed E-state index contributed by atoms with van der Waals surface area (Å²) in [7, 11) is 0. The fourth-order valence-electron chi connectivity index (χ4n) is 1.34. The zero-order valence-electron chi connectivity index (χ0n) is 7.66. The molecule has 0 fully saturated rings. The Bertz CT molecular complexity index is 415. The molecule has 14 heavy (non-hydrogen) atoms. The normalized spacial score (nSPS) is 14.5. The van der Waals surface area contributed by atoms with E-state index in [4.69, 9.17) is 0 Å². The Hall–Kier alpha value is -1.29. The van der Waals surface area contributed by atoms with Crippen molar-refractivity contribution in [1.29, 1.82) is 0 Å². The number of amides is 1. The quantitative estimate of drug-likeness (QED) is 0.561. The van der Waals surface area contributed by atoms with Crippen molar-refractivity contribution in [2.75, 3.05) is 0 Å². The molecule has 3 nitrogen and oxygen atoms in total. The number of nitrogens with one attached hydrogen (secondary N) is 1. The first-order valence-electron chi connectivity index (χ1n) is 4.26. The van der Waals surface area contributed by atoms with Gasteiger partial charge in [-0.25, -0.2) is 0 Å². The van der Waals surface area contributed by atoms with Crippen LogP contribution in [-0.2, 0) is 11.2 Å². The maximum absolute atomic E-state index is 11.1. The molecule has 0 radical (unpaired) electrons. The molecule has 0 bridgehead atoms. The van der Waals surface area contributed by atoms with Crippen LogP contribution in [0, 0.1) is 0 Å². The molecule has 1 aliphatic heterocycles. The summed E-state index contributed by atoms with van der Waals surface area (Å²) in [6.45, 7) is 1.54. The standard InChI is InChI=1S/C10H9NO2S/c1-6(12)7-2-3-8-5-10(13)11-14-9(8)4-7/h2-4H,5H2,1H3,(H,11,13). The number of Topliss-reactive ketones (excluding diaryl/α,β-unsaturated/α-hetero) is 1. The van der Waals surface area contributed by atoms with Crippen LogP contribution in [0.5, 0.6) is 0 Å². The van der Waals surface area contributed by atoms with Gasteiger partial charge in [0.15, 0.2) is 5.78 Å². The molecule has 0 unspecified atom stereocenters. The van der Waals surface area contributed by atoms with E-state index in [1.165, 1.54) is 18.9 Å². The SMILES string of the molecule is CC(=O)c1ccc2c(c1)SNC(=O)C2. The predicted molar refractivity (Wildman–Crippen MR) is 54.2 cm³/mol. The number of rotatable bonds is 1. The van der Waals surface area contributed by atoms with Crippen molar-refractivity contribution >= 4 is 23.6 Å². The molecule has 1 N–H and O–H groups in total. The van der Waals surface area contributed by atoms with E-state index in [9.17, 15) is 9.59 Å². The van der Waals surface area contributed by atoms with Crippen LogP contribution in [0.4, 0.5) is 0 Å². The topological polar surface area (TPSA) is 46.2 Å². The molecule has 4 heteroatoms. The van der Waals surface area contributed by atoms with Crippen LogP contribution in [0.1, 0.15) is 22.8 Å². The van der Waals surface area contributed by atoms with Crippen molar-refractivity contribution in [3.05, 3.63) is 29.3 Å². The summed E-state index contributed by atoms with van der Waals surface area (Å²) < 4.78 is 2.67. The molecule has 0 aliphatic carbocycles. The Balaban J connectivity index is 2.41. The second-order valence-corrected chi connectivity index (χ2v) is 4.03. The highest BCUT2D eigenvalue weighted by Crippen LogP contribution is 2.26. The van der Waals surface area contributed by atoms with Gasteiger partial charge in [0.25, 0.3) is 0 Å². The zero-order chi connectivity index (χ0) is 10.1. The fourth-order valence-corrected chi connectivity index (χ4v) is 2.09. The van der Waals surface area contributed by atoms with Gasteiger partial charge >= 0.3 is 0 Å². The van der Waals surface area contributed by atoms with Crippen LogP contribution >= 0.6 is 11.9 Å². The Morgan fingerprint density at radius 1 is 1.50 bits per heavy atom. The minimum absolute atomic E-state index is 0.0121. The molecule has 0 saturated heterocycles. The monoisotopic (exact) mass is 207 g/mol. The lowest BCUT2D eigenvalue weighted by atomic mass is 10.1.